The predicted octanol–water partition coefficient (Wildman–Crippen LogP) is 2.25. The van der Waals surface area contributed by atoms with Crippen LogP contribution in [-0.2, 0) is 11.2 Å². The van der Waals surface area contributed by atoms with Crippen molar-refractivity contribution < 1.29 is 9.90 Å². The van der Waals surface area contributed by atoms with Gasteiger partial charge in [0.15, 0.2) is 0 Å². The molecule has 4 heteroatoms. The van der Waals surface area contributed by atoms with E-state index < -0.39 is 5.97 Å². The van der Waals surface area contributed by atoms with Gasteiger partial charge < -0.3 is 5.11 Å². The Hall–Kier alpha value is -0.900. The number of hydrogen-bond donors (Lipinski definition) is 1. The molecule has 0 aliphatic rings. The zero-order chi connectivity index (χ0) is 9.68. The van der Waals surface area contributed by atoms with E-state index in [1.165, 1.54) is 0 Å². The minimum absolute atomic E-state index is 0.218. The molecule has 0 saturated carbocycles. The summed E-state index contributed by atoms with van der Waals surface area (Å²) >= 11 is 3.23. The van der Waals surface area contributed by atoms with Crippen molar-refractivity contribution in [3.8, 4) is 0 Å². The smallest absolute Gasteiger partial charge is 0.303 e. The number of nitrogens with zero attached hydrogens (tertiary/aromatic N) is 1. The molecule has 3 nitrogen and oxygen atoms in total. The van der Waals surface area contributed by atoms with Gasteiger partial charge in [-0.25, -0.2) is 4.98 Å². The number of carbonyl (C=O) groups is 1. The Morgan fingerprint density at radius 2 is 2.31 bits per heavy atom. The lowest BCUT2D eigenvalue weighted by Crippen LogP contribution is -1.96. The van der Waals surface area contributed by atoms with E-state index >= 15 is 0 Å². The summed E-state index contributed by atoms with van der Waals surface area (Å²) in [6, 6.07) is 3.80. The summed E-state index contributed by atoms with van der Waals surface area (Å²) in [6.45, 7) is 0. The highest BCUT2D eigenvalue weighted by Crippen LogP contribution is 2.08. The molecule has 0 amide bonds. The number of aryl methyl sites for hydroxylation is 1. The third-order valence-electron chi connectivity index (χ3n) is 1.64. The number of hydrogen-bond acceptors (Lipinski definition) is 2. The van der Waals surface area contributed by atoms with Crippen LogP contribution >= 0.6 is 15.9 Å². The SMILES string of the molecule is O=C(O)CCCc1ccc(Br)nc1. The second-order valence-corrected chi connectivity index (χ2v) is 3.55. The van der Waals surface area contributed by atoms with Crippen LogP contribution in [-0.4, -0.2) is 16.1 Å². The maximum Gasteiger partial charge on any atom is 0.303 e. The van der Waals surface area contributed by atoms with Gasteiger partial charge in [-0.2, -0.15) is 0 Å². The van der Waals surface area contributed by atoms with Gasteiger partial charge in [0.1, 0.15) is 4.60 Å². The van der Waals surface area contributed by atoms with E-state index in [-0.39, 0.29) is 6.42 Å². The lowest BCUT2D eigenvalue weighted by Gasteiger charge is -1.98. The fourth-order valence-electron chi connectivity index (χ4n) is 0.998. The summed E-state index contributed by atoms with van der Waals surface area (Å²) in [7, 11) is 0. The molecule has 0 unspecified atom stereocenters. The van der Waals surface area contributed by atoms with Crippen LogP contribution < -0.4 is 0 Å². The molecule has 1 aromatic heterocycles. The lowest BCUT2D eigenvalue weighted by molar-refractivity contribution is -0.137. The molecule has 0 bridgehead atoms. The topological polar surface area (TPSA) is 50.2 Å². The highest BCUT2D eigenvalue weighted by Gasteiger charge is 1.98. The zero-order valence-electron chi connectivity index (χ0n) is 7.03. The third kappa shape index (κ3) is 4.03. The fourth-order valence-corrected chi connectivity index (χ4v) is 1.23. The first-order valence-corrected chi connectivity index (χ1v) is 4.80. The van der Waals surface area contributed by atoms with Crippen LogP contribution in [0.25, 0.3) is 0 Å². The minimum Gasteiger partial charge on any atom is -0.481 e. The van der Waals surface area contributed by atoms with Crippen LogP contribution in [0.1, 0.15) is 18.4 Å². The molecule has 1 heterocycles. The molecule has 0 fully saturated rings. The molecular weight excluding hydrogens is 234 g/mol. The van der Waals surface area contributed by atoms with Crippen LogP contribution in [0.15, 0.2) is 22.9 Å². The minimum atomic E-state index is -0.745. The first-order valence-electron chi connectivity index (χ1n) is 4.00. The van der Waals surface area contributed by atoms with Gasteiger partial charge in [-0.05, 0) is 40.4 Å². The van der Waals surface area contributed by atoms with Crippen LogP contribution in [0.5, 0.6) is 0 Å². The van der Waals surface area contributed by atoms with Gasteiger partial charge in [0.05, 0.1) is 0 Å². The monoisotopic (exact) mass is 243 g/mol. The molecule has 1 aromatic rings. The summed E-state index contributed by atoms with van der Waals surface area (Å²) in [4.78, 5) is 14.3. The Balaban J connectivity index is 2.37. The number of rotatable bonds is 4. The van der Waals surface area contributed by atoms with Crippen molar-refractivity contribution in [1.29, 1.82) is 0 Å². The second kappa shape index (κ2) is 4.97. The number of carboxylic acid groups (broad SMARTS) is 1. The fraction of sp³-hybridized carbons (Fsp3) is 0.333. The normalized spacial score (nSPS) is 9.92. The Morgan fingerprint density at radius 3 is 2.85 bits per heavy atom. The Kier molecular flexibility index (Phi) is 3.89. The Morgan fingerprint density at radius 1 is 1.54 bits per heavy atom. The summed E-state index contributed by atoms with van der Waals surface area (Å²) < 4.78 is 0.800. The van der Waals surface area contributed by atoms with Crippen molar-refractivity contribution in [3.05, 3.63) is 28.5 Å². The summed E-state index contributed by atoms with van der Waals surface area (Å²) in [6.07, 6.45) is 3.41. The maximum absolute atomic E-state index is 10.2. The largest absolute Gasteiger partial charge is 0.481 e. The van der Waals surface area contributed by atoms with Crippen LogP contribution in [0, 0.1) is 0 Å². The Bertz CT molecular complexity index is 284. The predicted molar refractivity (Wildman–Crippen MR) is 52.5 cm³/mol. The summed E-state index contributed by atoms with van der Waals surface area (Å²) in [5.41, 5.74) is 1.07. The average Bonchev–Trinajstić information content (AvgIpc) is 2.08. The van der Waals surface area contributed by atoms with Crippen LogP contribution in [0.2, 0.25) is 0 Å². The molecule has 0 spiro atoms. The molecule has 0 aliphatic carbocycles. The van der Waals surface area contributed by atoms with Gasteiger partial charge in [-0.3, -0.25) is 4.79 Å². The molecule has 0 radical (unpaired) electrons. The van der Waals surface area contributed by atoms with Gasteiger partial charge in [0, 0.05) is 12.6 Å². The third-order valence-corrected chi connectivity index (χ3v) is 2.11. The summed E-state index contributed by atoms with van der Waals surface area (Å²) in [5, 5.41) is 8.41. The molecule has 0 saturated heterocycles. The van der Waals surface area contributed by atoms with E-state index in [2.05, 4.69) is 20.9 Å². The van der Waals surface area contributed by atoms with Gasteiger partial charge >= 0.3 is 5.97 Å². The number of carboxylic acids is 1. The van der Waals surface area contributed by atoms with Crippen molar-refractivity contribution >= 4 is 21.9 Å². The van der Waals surface area contributed by atoms with Crippen molar-refractivity contribution in [2.75, 3.05) is 0 Å². The Labute approximate surface area is 84.9 Å². The lowest BCUT2D eigenvalue weighted by atomic mass is 10.1. The van der Waals surface area contributed by atoms with Gasteiger partial charge in [0.25, 0.3) is 0 Å². The molecule has 13 heavy (non-hydrogen) atoms. The molecule has 0 atom stereocenters. The number of halogens is 1. The highest BCUT2D eigenvalue weighted by molar-refractivity contribution is 9.10. The number of aromatic nitrogens is 1. The first kappa shape index (κ1) is 10.2. The van der Waals surface area contributed by atoms with E-state index in [1.807, 2.05) is 12.1 Å². The second-order valence-electron chi connectivity index (χ2n) is 2.74. The standard InChI is InChI=1S/C9H10BrNO2/c10-8-5-4-7(6-11-8)2-1-3-9(12)13/h4-6H,1-3H2,(H,12,13). The maximum atomic E-state index is 10.2. The van der Waals surface area contributed by atoms with E-state index in [1.54, 1.807) is 6.20 Å². The molecule has 1 rings (SSSR count). The molecule has 0 aliphatic heterocycles. The van der Waals surface area contributed by atoms with E-state index in [4.69, 9.17) is 5.11 Å². The van der Waals surface area contributed by atoms with Crippen molar-refractivity contribution in [2.24, 2.45) is 0 Å². The van der Waals surface area contributed by atoms with E-state index in [0.717, 1.165) is 16.6 Å². The van der Waals surface area contributed by atoms with Crippen LogP contribution in [0.4, 0.5) is 0 Å². The van der Waals surface area contributed by atoms with Gasteiger partial charge in [-0.1, -0.05) is 6.07 Å². The average molecular weight is 244 g/mol. The molecule has 1 N–H and O–H groups in total. The van der Waals surface area contributed by atoms with Gasteiger partial charge in [-0.15, -0.1) is 0 Å². The highest BCUT2D eigenvalue weighted by atomic mass is 79.9. The first-order chi connectivity index (χ1) is 6.18. The quantitative estimate of drug-likeness (QED) is 0.826. The molecule has 0 aromatic carbocycles. The van der Waals surface area contributed by atoms with E-state index in [9.17, 15) is 4.79 Å². The summed E-state index contributed by atoms with van der Waals surface area (Å²) in [5.74, 6) is -0.745. The number of pyridine rings is 1. The van der Waals surface area contributed by atoms with E-state index in [0.29, 0.717) is 6.42 Å². The molecular formula is C9H10BrNO2. The van der Waals surface area contributed by atoms with Crippen LogP contribution in [0.3, 0.4) is 0 Å². The molecule has 70 valence electrons. The van der Waals surface area contributed by atoms with Gasteiger partial charge in [0.2, 0.25) is 0 Å². The van der Waals surface area contributed by atoms with Crippen molar-refractivity contribution in [2.45, 2.75) is 19.3 Å². The van der Waals surface area contributed by atoms with Crippen molar-refractivity contribution in [3.63, 3.8) is 0 Å². The number of aliphatic carboxylic acids is 1. The van der Waals surface area contributed by atoms with Crippen molar-refractivity contribution in [1.82, 2.24) is 4.98 Å². The zero-order valence-corrected chi connectivity index (χ0v) is 8.62.